The molecule has 0 radical (unpaired) electrons. The molecule has 0 aromatic heterocycles. The normalized spacial score (nSPS) is 20.9. The van der Waals surface area contributed by atoms with Gasteiger partial charge in [0.15, 0.2) is 0 Å². The molecule has 1 aliphatic rings. The van der Waals surface area contributed by atoms with E-state index in [1.54, 1.807) is 0 Å². The van der Waals surface area contributed by atoms with Crippen molar-refractivity contribution in [1.82, 2.24) is 0 Å². The van der Waals surface area contributed by atoms with E-state index in [-0.39, 0.29) is 11.4 Å². The third-order valence-electron chi connectivity index (χ3n) is 5.58. The predicted molar refractivity (Wildman–Crippen MR) is 111 cm³/mol. The van der Waals surface area contributed by atoms with Crippen LogP contribution in [0, 0.1) is 0 Å². The number of carbonyl (C=O) groups excluding carboxylic acids is 1. The number of benzene rings is 3. The van der Waals surface area contributed by atoms with E-state index in [0.717, 1.165) is 29.7 Å². The third-order valence-corrected chi connectivity index (χ3v) is 5.58. The molecule has 2 unspecified atom stereocenters. The lowest BCUT2D eigenvalue weighted by molar-refractivity contribution is 0.102. The molecule has 0 spiro atoms. The van der Waals surface area contributed by atoms with E-state index in [9.17, 15) is 4.79 Å². The lowest BCUT2D eigenvalue weighted by Gasteiger charge is -2.10. The Kier molecular flexibility index (Phi) is 4.54. The van der Waals surface area contributed by atoms with Crippen LogP contribution in [0.5, 0.6) is 0 Å². The van der Waals surface area contributed by atoms with Gasteiger partial charge in [0.25, 0.3) is 5.91 Å². The molecule has 3 aromatic carbocycles. The maximum atomic E-state index is 12.6. The van der Waals surface area contributed by atoms with Crippen LogP contribution in [0.25, 0.3) is 11.1 Å². The van der Waals surface area contributed by atoms with Gasteiger partial charge in [0.1, 0.15) is 0 Å². The Morgan fingerprint density at radius 3 is 2.37 bits per heavy atom. The van der Waals surface area contributed by atoms with Gasteiger partial charge in [0.05, 0.1) is 0 Å². The van der Waals surface area contributed by atoms with Crippen molar-refractivity contribution in [2.24, 2.45) is 5.73 Å². The number of hydrogen-bond donors (Lipinski definition) is 2. The van der Waals surface area contributed by atoms with Crippen LogP contribution in [-0.2, 0) is 0 Å². The largest absolute Gasteiger partial charge is 0.325 e. The fourth-order valence-electron chi connectivity index (χ4n) is 3.63. The maximum absolute atomic E-state index is 12.6. The molecule has 1 saturated carbocycles. The summed E-state index contributed by atoms with van der Waals surface area (Å²) in [7, 11) is 0. The highest BCUT2D eigenvalue weighted by molar-refractivity contribution is 6.05. The standard InChI is InChI=1S/C24H24N2O/c1-2-24(25)16-22(24)18-11-13-21(14-12-18)26-23(27)20-10-6-9-19(15-20)17-7-4-3-5-8-17/h3-15,22H,2,16,25H2,1H3,(H,26,27). The quantitative estimate of drug-likeness (QED) is 0.660. The SMILES string of the molecule is CCC1(N)CC1c1ccc(NC(=O)c2cccc(-c3ccccc3)c2)cc1. The van der Waals surface area contributed by atoms with Gasteiger partial charge in [-0.2, -0.15) is 0 Å². The number of nitrogens with one attached hydrogen (secondary N) is 1. The van der Waals surface area contributed by atoms with Gasteiger partial charge in [-0.1, -0.05) is 61.5 Å². The average Bonchev–Trinajstić information content (AvgIpc) is 3.41. The molecule has 0 aliphatic heterocycles. The number of rotatable bonds is 5. The summed E-state index contributed by atoms with van der Waals surface area (Å²) in [5.41, 5.74) is 11.1. The zero-order valence-corrected chi connectivity index (χ0v) is 15.5. The summed E-state index contributed by atoms with van der Waals surface area (Å²) in [6, 6.07) is 25.8. The first kappa shape index (κ1) is 17.5. The van der Waals surface area contributed by atoms with Crippen molar-refractivity contribution in [3.63, 3.8) is 0 Å². The highest BCUT2D eigenvalue weighted by Gasteiger charge is 2.49. The van der Waals surface area contributed by atoms with Crippen LogP contribution in [0.1, 0.15) is 41.6 Å². The fraction of sp³-hybridized carbons (Fsp3) is 0.208. The van der Waals surface area contributed by atoms with Gasteiger partial charge in [-0.3, -0.25) is 4.79 Å². The minimum Gasteiger partial charge on any atom is -0.325 e. The average molecular weight is 356 g/mol. The molecule has 27 heavy (non-hydrogen) atoms. The highest BCUT2D eigenvalue weighted by atomic mass is 16.1. The molecule has 0 heterocycles. The van der Waals surface area contributed by atoms with Crippen LogP contribution in [0.2, 0.25) is 0 Å². The first-order valence-electron chi connectivity index (χ1n) is 9.45. The summed E-state index contributed by atoms with van der Waals surface area (Å²) in [5.74, 6) is 0.337. The zero-order chi connectivity index (χ0) is 18.9. The maximum Gasteiger partial charge on any atom is 0.255 e. The van der Waals surface area contributed by atoms with E-state index >= 15 is 0 Å². The minimum atomic E-state index is -0.103. The minimum absolute atomic E-state index is 0.0390. The molecule has 2 atom stereocenters. The van der Waals surface area contributed by atoms with Crippen LogP contribution in [-0.4, -0.2) is 11.4 Å². The van der Waals surface area contributed by atoms with Crippen molar-refractivity contribution in [3.05, 3.63) is 90.0 Å². The molecule has 0 saturated heterocycles. The van der Waals surface area contributed by atoms with E-state index in [1.807, 2.05) is 66.7 Å². The van der Waals surface area contributed by atoms with Crippen molar-refractivity contribution in [2.45, 2.75) is 31.2 Å². The van der Waals surface area contributed by atoms with Crippen LogP contribution >= 0.6 is 0 Å². The van der Waals surface area contributed by atoms with Gasteiger partial charge in [-0.05, 0) is 53.8 Å². The van der Waals surface area contributed by atoms with Crippen molar-refractivity contribution in [1.29, 1.82) is 0 Å². The van der Waals surface area contributed by atoms with Crippen LogP contribution < -0.4 is 11.1 Å². The van der Waals surface area contributed by atoms with Gasteiger partial charge in [0, 0.05) is 22.7 Å². The summed E-state index contributed by atoms with van der Waals surface area (Å²) in [6.07, 6.45) is 2.04. The molecule has 0 bridgehead atoms. The Hall–Kier alpha value is -2.91. The van der Waals surface area contributed by atoms with Gasteiger partial charge >= 0.3 is 0 Å². The second kappa shape index (κ2) is 7.01. The Morgan fingerprint density at radius 1 is 1.00 bits per heavy atom. The summed E-state index contributed by atoms with van der Waals surface area (Å²) in [4.78, 5) is 12.6. The highest BCUT2D eigenvalue weighted by Crippen LogP contribution is 2.51. The summed E-state index contributed by atoms with van der Waals surface area (Å²) >= 11 is 0. The number of anilines is 1. The number of carbonyl (C=O) groups is 1. The second-order valence-corrected chi connectivity index (χ2v) is 7.37. The molecule has 1 amide bonds. The summed E-state index contributed by atoms with van der Waals surface area (Å²) < 4.78 is 0. The molecule has 4 rings (SSSR count). The van der Waals surface area contributed by atoms with Gasteiger partial charge < -0.3 is 11.1 Å². The van der Waals surface area contributed by atoms with Crippen molar-refractivity contribution >= 4 is 11.6 Å². The Bertz CT molecular complexity index is 950. The second-order valence-electron chi connectivity index (χ2n) is 7.37. The molecular weight excluding hydrogens is 332 g/mol. The molecule has 1 fully saturated rings. The molecule has 3 aromatic rings. The molecule has 3 N–H and O–H groups in total. The van der Waals surface area contributed by atoms with Crippen molar-refractivity contribution < 1.29 is 4.79 Å². The number of hydrogen-bond acceptors (Lipinski definition) is 2. The lowest BCUT2D eigenvalue weighted by atomic mass is 10.0. The number of amides is 1. The van der Waals surface area contributed by atoms with Crippen LogP contribution in [0.4, 0.5) is 5.69 Å². The Labute approximate surface area is 160 Å². The molecule has 1 aliphatic carbocycles. The Morgan fingerprint density at radius 2 is 1.70 bits per heavy atom. The van der Waals surface area contributed by atoms with E-state index in [2.05, 4.69) is 24.4 Å². The van der Waals surface area contributed by atoms with E-state index in [1.165, 1.54) is 5.56 Å². The lowest BCUT2D eigenvalue weighted by Crippen LogP contribution is -2.22. The van der Waals surface area contributed by atoms with E-state index < -0.39 is 0 Å². The fourth-order valence-corrected chi connectivity index (χ4v) is 3.63. The summed E-state index contributed by atoms with van der Waals surface area (Å²) in [6.45, 7) is 2.14. The van der Waals surface area contributed by atoms with E-state index in [0.29, 0.717) is 11.5 Å². The van der Waals surface area contributed by atoms with E-state index in [4.69, 9.17) is 5.73 Å². The Balaban J connectivity index is 1.47. The first-order chi connectivity index (χ1) is 13.1. The van der Waals surface area contributed by atoms with Gasteiger partial charge in [-0.25, -0.2) is 0 Å². The van der Waals surface area contributed by atoms with Gasteiger partial charge in [0.2, 0.25) is 0 Å². The van der Waals surface area contributed by atoms with Crippen molar-refractivity contribution in [3.8, 4) is 11.1 Å². The number of nitrogens with two attached hydrogens (primary N) is 1. The van der Waals surface area contributed by atoms with Crippen LogP contribution in [0.15, 0.2) is 78.9 Å². The smallest absolute Gasteiger partial charge is 0.255 e. The molecule has 3 nitrogen and oxygen atoms in total. The predicted octanol–water partition coefficient (Wildman–Crippen LogP) is 5.20. The molecule has 3 heteroatoms. The molecular formula is C24H24N2O. The molecule has 136 valence electrons. The summed E-state index contributed by atoms with van der Waals surface area (Å²) in [5, 5.41) is 2.99. The van der Waals surface area contributed by atoms with Crippen LogP contribution in [0.3, 0.4) is 0 Å². The monoisotopic (exact) mass is 356 g/mol. The van der Waals surface area contributed by atoms with Gasteiger partial charge in [-0.15, -0.1) is 0 Å². The first-order valence-corrected chi connectivity index (χ1v) is 9.45. The topological polar surface area (TPSA) is 55.1 Å². The van der Waals surface area contributed by atoms with Crippen molar-refractivity contribution in [2.75, 3.05) is 5.32 Å². The third kappa shape index (κ3) is 3.64. The zero-order valence-electron chi connectivity index (χ0n) is 15.5.